The second-order valence-corrected chi connectivity index (χ2v) is 5.67. The number of halogens is 1. The average Bonchev–Trinajstić information content (AvgIpc) is 2.94. The Morgan fingerprint density at radius 3 is 3.13 bits per heavy atom. The first-order valence-corrected chi connectivity index (χ1v) is 6.38. The maximum Gasteiger partial charge on any atom is 0.123 e. The highest BCUT2D eigenvalue weighted by molar-refractivity contribution is 7.99. The molecule has 0 bridgehead atoms. The second kappa shape index (κ2) is 3.22. The molecule has 1 aliphatic heterocycles. The summed E-state index contributed by atoms with van der Waals surface area (Å²) in [7, 11) is 0. The summed E-state index contributed by atoms with van der Waals surface area (Å²) in [6.07, 6.45) is 2.32. The van der Waals surface area contributed by atoms with E-state index in [1.165, 1.54) is 10.5 Å². The topological polar surface area (TPSA) is 26.0 Å². The molecule has 3 heteroatoms. The van der Waals surface area contributed by atoms with Gasteiger partial charge in [0.15, 0.2) is 0 Å². The lowest BCUT2D eigenvalue weighted by Crippen LogP contribution is -2.20. The van der Waals surface area contributed by atoms with Gasteiger partial charge in [-0.05, 0) is 54.8 Å². The molecule has 1 aromatic carbocycles. The van der Waals surface area contributed by atoms with Crippen molar-refractivity contribution in [2.45, 2.75) is 23.2 Å². The van der Waals surface area contributed by atoms with Crippen molar-refractivity contribution in [1.82, 2.24) is 0 Å². The largest absolute Gasteiger partial charge is 0.330 e. The first-order chi connectivity index (χ1) is 7.26. The molecule has 1 aromatic rings. The monoisotopic (exact) mass is 223 g/mol. The molecule has 2 unspecified atom stereocenters. The van der Waals surface area contributed by atoms with E-state index in [9.17, 15) is 4.39 Å². The van der Waals surface area contributed by atoms with Crippen LogP contribution < -0.4 is 5.73 Å². The molecule has 0 aromatic heterocycles. The predicted octanol–water partition coefficient (Wildman–Crippen LogP) is 2.54. The van der Waals surface area contributed by atoms with Crippen molar-refractivity contribution in [3.05, 3.63) is 29.6 Å². The Morgan fingerprint density at radius 2 is 2.40 bits per heavy atom. The summed E-state index contributed by atoms with van der Waals surface area (Å²) in [5, 5.41) is 0. The van der Waals surface area contributed by atoms with E-state index in [2.05, 4.69) is 0 Å². The SMILES string of the molecule is NCC1CC12CCSc1ccc(F)cc12. The molecule has 2 atom stereocenters. The van der Waals surface area contributed by atoms with Gasteiger partial charge >= 0.3 is 0 Å². The van der Waals surface area contributed by atoms with Crippen LogP contribution in [0.5, 0.6) is 0 Å². The van der Waals surface area contributed by atoms with E-state index in [0.717, 1.165) is 25.1 Å². The zero-order valence-electron chi connectivity index (χ0n) is 8.50. The fraction of sp³-hybridized carbons (Fsp3) is 0.500. The van der Waals surface area contributed by atoms with E-state index in [4.69, 9.17) is 5.73 Å². The molecule has 0 amide bonds. The van der Waals surface area contributed by atoms with Crippen molar-refractivity contribution in [3.8, 4) is 0 Å². The fourth-order valence-corrected chi connectivity index (χ4v) is 4.09. The van der Waals surface area contributed by atoms with Crippen molar-refractivity contribution in [2.24, 2.45) is 11.7 Å². The number of fused-ring (bicyclic) bond motifs is 2. The average molecular weight is 223 g/mol. The van der Waals surface area contributed by atoms with Crippen LogP contribution in [-0.4, -0.2) is 12.3 Å². The third-order valence-corrected chi connectivity index (χ3v) is 4.88. The Morgan fingerprint density at radius 1 is 1.53 bits per heavy atom. The van der Waals surface area contributed by atoms with Crippen molar-refractivity contribution >= 4 is 11.8 Å². The van der Waals surface area contributed by atoms with Gasteiger partial charge in [0.05, 0.1) is 0 Å². The molecule has 1 saturated carbocycles. The van der Waals surface area contributed by atoms with Gasteiger partial charge in [0, 0.05) is 10.3 Å². The van der Waals surface area contributed by atoms with Gasteiger partial charge in [-0.3, -0.25) is 0 Å². The van der Waals surface area contributed by atoms with Gasteiger partial charge < -0.3 is 5.73 Å². The molecule has 1 fully saturated rings. The highest BCUT2D eigenvalue weighted by Crippen LogP contribution is 2.61. The lowest BCUT2D eigenvalue weighted by molar-refractivity contribution is 0.560. The molecular weight excluding hydrogens is 209 g/mol. The van der Waals surface area contributed by atoms with E-state index in [1.54, 1.807) is 12.1 Å². The Bertz CT molecular complexity index is 407. The summed E-state index contributed by atoms with van der Waals surface area (Å²) in [6, 6.07) is 5.20. The van der Waals surface area contributed by atoms with Crippen molar-refractivity contribution in [1.29, 1.82) is 0 Å². The first kappa shape index (κ1) is 9.67. The highest BCUT2D eigenvalue weighted by Gasteiger charge is 2.55. The van der Waals surface area contributed by atoms with Gasteiger partial charge in [-0.1, -0.05) is 0 Å². The molecule has 1 nitrogen and oxygen atoms in total. The number of thioether (sulfide) groups is 1. The van der Waals surface area contributed by atoms with E-state index >= 15 is 0 Å². The minimum Gasteiger partial charge on any atom is -0.330 e. The molecule has 0 radical (unpaired) electrons. The molecule has 3 rings (SSSR count). The summed E-state index contributed by atoms with van der Waals surface area (Å²) >= 11 is 1.84. The quantitative estimate of drug-likeness (QED) is 0.791. The van der Waals surface area contributed by atoms with Gasteiger partial charge in [0.1, 0.15) is 5.82 Å². The van der Waals surface area contributed by atoms with Crippen LogP contribution >= 0.6 is 11.8 Å². The van der Waals surface area contributed by atoms with Crippen molar-refractivity contribution in [3.63, 3.8) is 0 Å². The third-order valence-electron chi connectivity index (χ3n) is 3.80. The van der Waals surface area contributed by atoms with E-state index < -0.39 is 0 Å². The minimum absolute atomic E-state index is 0.113. The van der Waals surface area contributed by atoms with Gasteiger partial charge in [-0.25, -0.2) is 4.39 Å². The van der Waals surface area contributed by atoms with Gasteiger partial charge in [-0.2, -0.15) is 0 Å². The Labute approximate surface area is 93.2 Å². The Kier molecular flexibility index (Phi) is 2.08. The first-order valence-electron chi connectivity index (χ1n) is 5.39. The van der Waals surface area contributed by atoms with E-state index in [0.29, 0.717) is 5.92 Å². The summed E-state index contributed by atoms with van der Waals surface area (Å²) in [5.41, 5.74) is 7.18. The van der Waals surface area contributed by atoms with E-state index in [1.807, 2.05) is 17.8 Å². The van der Waals surface area contributed by atoms with E-state index in [-0.39, 0.29) is 11.2 Å². The van der Waals surface area contributed by atoms with Crippen molar-refractivity contribution in [2.75, 3.05) is 12.3 Å². The molecular formula is C12H14FNS. The molecule has 2 aliphatic rings. The number of rotatable bonds is 1. The highest BCUT2D eigenvalue weighted by atomic mass is 32.2. The minimum atomic E-state index is -0.113. The lowest BCUT2D eigenvalue weighted by Gasteiger charge is -2.26. The lowest BCUT2D eigenvalue weighted by atomic mass is 9.90. The smallest absolute Gasteiger partial charge is 0.123 e. The van der Waals surface area contributed by atoms with Gasteiger partial charge in [-0.15, -0.1) is 11.8 Å². The predicted molar refractivity (Wildman–Crippen MR) is 60.6 cm³/mol. The van der Waals surface area contributed by atoms with Crippen LogP contribution in [0, 0.1) is 11.7 Å². The van der Waals surface area contributed by atoms with Crippen LogP contribution in [0.2, 0.25) is 0 Å². The number of hydrogen-bond donors (Lipinski definition) is 1. The summed E-state index contributed by atoms with van der Waals surface area (Å²) in [6.45, 7) is 0.737. The summed E-state index contributed by atoms with van der Waals surface area (Å²) < 4.78 is 13.3. The summed E-state index contributed by atoms with van der Waals surface area (Å²) in [5.74, 6) is 1.62. The number of nitrogens with two attached hydrogens (primary N) is 1. The van der Waals surface area contributed by atoms with Crippen LogP contribution in [0.3, 0.4) is 0 Å². The third kappa shape index (κ3) is 1.33. The molecule has 2 N–H and O–H groups in total. The molecule has 1 spiro atoms. The Balaban J connectivity index is 2.07. The van der Waals surface area contributed by atoms with Crippen LogP contribution in [0.4, 0.5) is 4.39 Å². The molecule has 1 heterocycles. The van der Waals surface area contributed by atoms with Crippen LogP contribution in [0.1, 0.15) is 18.4 Å². The number of benzene rings is 1. The number of hydrogen-bond acceptors (Lipinski definition) is 2. The van der Waals surface area contributed by atoms with Crippen LogP contribution in [-0.2, 0) is 5.41 Å². The standard InChI is InChI=1S/C12H14FNS/c13-9-1-2-11-10(5-9)12(3-4-15-11)6-8(12)7-14/h1-2,5,8H,3-4,6-7,14H2. The molecule has 0 saturated heterocycles. The zero-order valence-corrected chi connectivity index (χ0v) is 9.32. The van der Waals surface area contributed by atoms with Crippen LogP contribution in [0.15, 0.2) is 23.1 Å². The van der Waals surface area contributed by atoms with Crippen molar-refractivity contribution < 1.29 is 4.39 Å². The maximum atomic E-state index is 13.3. The maximum absolute atomic E-state index is 13.3. The normalized spacial score (nSPS) is 32.8. The summed E-state index contributed by atoms with van der Waals surface area (Å²) in [4.78, 5) is 1.26. The van der Waals surface area contributed by atoms with Gasteiger partial charge in [0.2, 0.25) is 0 Å². The zero-order chi connectivity index (χ0) is 10.5. The molecule has 80 valence electrons. The fourth-order valence-electron chi connectivity index (χ4n) is 2.82. The Hall–Kier alpha value is -0.540. The second-order valence-electron chi connectivity index (χ2n) is 4.53. The molecule has 1 aliphatic carbocycles. The van der Waals surface area contributed by atoms with Gasteiger partial charge in [0.25, 0.3) is 0 Å². The van der Waals surface area contributed by atoms with Crippen LogP contribution in [0.25, 0.3) is 0 Å². The molecule has 15 heavy (non-hydrogen) atoms.